The lowest BCUT2D eigenvalue weighted by molar-refractivity contribution is -0.384. The molecule has 0 aliphatic heterocycles. The number of hydrogen-bond acceptors (Lipinski definition) is 6. The van der Waals surface area contributed by atoms with E-state index in [2.05, 4.69) is 15.4 Å². The number of carbonyl (C=O) groups excluding carboxylic acids is 1. The van der Waals surface area contributed by atoms with Crippen LogP contribution in [0.1, 0.15) is 24.6 Å². The van der Waals surface area contributed by atoms with E-state index in [4.69, 9.17) is 0 Å². The molecule has 2 aromatic carbocycles. The lowest BCUT2D eigenvalue weighted by atomic mass is 10.3. The van der Waals surface area contributed by atoms with Crippen LogP contribution in [0.15, 0.2) is 59.8 Å². The summed E-state index contributed by atoms with van der Waals surface area (Å²) in [4.78, 5) is 27.2. The van der Waals surface area contributed by atoms with E-state index in [1.165, 1.54) is 30.0 Å². The van der Waals surface area contributed by atoms with E-state index < -0.39 is 4.92 Å². The molecule has 1 aliphatic carbocycles. The number of hydrogen-bond donors (Lipinski definition) is 1. The number of para-hydroxylation sites is 1. The Morgan fingerprint density at radius 3 is 2.71 bits per heavy atom. The zero-order valence-electron chi connectivity index (χ0n) is 14.8. The van der Waals surface area contributed by atoms with Gasteiger partial charge in [0, 0.05) is 23.7 Å². The van der Waals surface area contributed by atoms with E-state index in [-0.39, 0.29) is 17.3 Å². The van der Waals surface area contributed by atoms with Crippen LogP contribution in [0, 0.1) is 10.1 Å². The third-order valence-corrected chi connectivity index (χ3v) is 5.07. The quantitative estimate of drug-likeness (QED) is 0.371. The second-order valence-electron chi connectivity index (χ2n) is 6.42. The molecule has 3 aromatic rings. The van der Waals surface area contributed by atoms with Gasteiger partial charge in [0.15, 0.2) is 0 Å². The Hall–Kier alpha value is -3.20. The highest BCUT2D eigenvalue weighted by Crippen LogP contribution is 2.40. The summed E-state index contributed by atoms with van der Waals surface area (Å²) in [6.07, 6.45) is 2.20. The highest BCUT2D eigenvalue weighted by Gasteiger charge is 2.30. The predicted molar refractivity (Wildman–Crippen MR) is 106 cm³/mol. The Bertz CT molecular complexity index is 1020. The minimum absolute atomic E-state index is 0.0669. The van der Waals surface area contributed by atoms with Crippen molar-refractivity contribution in [2.24, 2.45) is 0 Å². The van der Waals surface area contributed by atoms with Gasteiger partial charge in [-0.15, -0.1) is 5.10 Å². The largest absolute Gasteiger partial charge is 0.325 e. The summed E-state index contributed by atoms with van der Waals surface area (Å²) in [5.41, 5.74) is 1.27. The van der Waals surface area contributed by atoms with Gasteiger partial charge in [0.2, 0.25) is 11.1 Å². The number of carbonyl (C=O) groups is 1. The zero-order valence-corrected chi connectivity index (χ0v) is 15.6. The Balaban J connectivity index is 1.43. The molecule has 0 saturated heterocycles. The van der Waals surface area contributed by atoms with Crippen LogP contribution >= 0.6 is 11.8 Å². The standard InChI is InChI=1S/C19H17N5O3S/c25-17(20-14-5-4-8-16(11-14)24(26)27)12-28-19-21-18(13-9-10-13)23(22-19)15-6-2-1-3-7-15/h1-8,11,13H,9-10,12H2,(H,20,25). The molecular weight excluding hydrogens is 378 g/mol. The third-order valence-electron chi connectivity index (χ3n) is 4.23. The normalized spacial score (nSPS) is 13.3. The smallest absolute Gasteiger partial charge is 0.271 e. The number of nitro benzene ring substituents is 1. The number of thioether (sulfide) groups is 1. The summed E-state index contributed by atoms with van der Waals surface area (Å²) in [6, 6.07) is 15.7. The number of rotatable bonds is 7. The van der Waals surface area contributed by atoms with Crippen LogP contribution in [0.25, 0.3) is 5.69 Å². The fourth-order valence-corrected chi connectivity index (χ4v) is 3.38. The summed E-state index contributed by atoms with van der Waals surface area (Å²) < 4.78 is 1.85. The maximum Gasteiger partial charge on any atom is 0.271 e. The molecular formula is C19H17N5O3S. The van der Waals surface area contributed by atoms with Gasteiger partial charge in [0.25, 0.3) is 5.69 Å². The van der Waals surface area contributed by atoms with E-state index in [9.17, 15) is 14.9 Å². The Morgan fingerprint density at radius 1 is 1.21 bits per heavy atom. The molecule has 28 heavy (non-hydrogen) atoms. The minimum atomic E-state index is -0.496. The summed E-state index contributed by atoms with van der Waals surface area (Å²) in [5, 5.41) is 18.6. The first kappa shape index (κ1) is 18.2. The predicted octanol–water partition coefficient (Wildman–Crippen LogP) is 3.78. The second kappa shape index (κ2) is 7.81. The van der Waals surface area contributed by atoms with Gasteiger partial charge in [-0.25, -0.2) is 9.67 Å². The van der Waals surface area contributed by atoms with Crippen LogP contribution in [-0.4, -0.2) is 31.3 Å². The van der Waals surface area contributed by atoms with Gasteiger partial charge in [0.1, 0.15) is 5.82 Å². The fraction of sp³-hybridized carbons (Fsp3) is 0.211. The number of nitrogens with zero attached hydrogens (tertiary/aromatic N) is 4. The number of amides is 1. The zero-order chi connectivity index (χ0) is 19.5. The Morgan fingerprint density at radius 2 is 2.00 bits per heavy atom. The van der Waals surface area contributed by atoms with Crippen LogP contribution in [-0.2, 0) is 4.79 Å². The van der Waals surface area contributed by atoms with Crippen LogP contribution in [0.4, 0.5) is 11.4 Å². The van der Waals surface area contributed by atoms with Crippen molar-refractivity contribution >= 4 is 29.0 Å². The summed E-state index contributed by atoms with van der Waals surface area (Å²) >= 11 is 1.24. The highest BCUT2D eigenvalue weighted by molar-refractivity contribution is 7.99. The lowest BCUT2D eigenvalue weighted by Crippen LogP contribution is -2.14. The monoisotopic (exact) mass is 395 g/mol. The first-order valence-corrected chi connectivity index (χ1v) is 9.78. The van der Waals surface area contributed by atoms with Crippen LogP contribution in [0.5, 0.6) is 0 Å². The van der Waals surface area contributed by atoms with E-state index in [1.807, 2.05) is 35.0 Å². The molecule has 0 spiro atoms. The molecule has 0 radical (unpaired) electrons. The molecule has 1 amide bonds. The SMILES string of the molecule is O=C(CSc1nc(C2CC2)n(-c2ccccc2)n1)Nc1cccc([N+](=O)[O-])c1. The first-order valence-electron chi connectivity index (χ1n) is 8.79. The average molecular weight is 395 g/mol. The van der Waals surface area contributed by atoms with Crippen LogP contribution in [0.3, 0.4) is 0 Å². The molecule has 1 fully saturated rings. The van der Waals surface area contributed by atoms with Crippen molar-refractivity contribution < 1.29 is 9.72 Å². The summed E-state index contributed by atoms with van der Waals surface area (Å²) in [6.45, 7) is 0. The Kier molecular flexibility index (Phi) is 5.07. The molecule has 8 nitrogen and oxygen atoms in total. The van der Waals surface area contributed by atoms with Gasteiger partial charge in [-0.3, -0.25) is 14.9 Å². The number of benzene rings is 2. The third kappa shape index (κ3) is 4.20. The molecule has 1 heterocycles. The molecule has 0 atom stereocenters. The molecule has 9 heteroatoms. The fourth-order valence-electron chi connectivity index (χ4n) is 2.75. The maximum absolute atomic E-state index is 12.2. The van der Waals surface area contributed by atoms with Crippen molar-refractivity contribution in [1.29, 1.82) is 0 Å². The van der Waals surface area contributed by atoms with Crippen LogP contribution in [0.2, 0.25) is 0 Å². The number of nitro groups is 1. The lowest BCUT2D eigenvalue weighted by Gasteiger charge is -2.04. The van der Waals surface area contributed by atoms with Gasteiger partial charge in [-0.1, -0.05) is 36.0 Å². The highest BCUT2D eigenvalue weighted by atomic mass is 32.2. The molecule has 1 aliphatic rings. The van der Waals surface area contributed by atoms with Gasteiger partial charge < -0.3 is 5.32 Å². The molecule has 142 valence electrons. The molecule has 1 N–H and O–H groups in total. The van der Waals surface area contributed by atoms with Gasteiger partial charge in [0.05, 0.1) is 16.4 Å². The van der Waals surface area contributed by atoms with Gasteiger partial charge >= 0.3 is 0 Å². The summed E-state index contributed by atoms with van der Waals surface area (Å²) in [7, 11) is 0. The van der Waals surface area contributed by atoms with Gasteiger partial charge in [-0.2, -0.15) is 0 Å². The minimum Gasteiger partial charge on any atom is -0.325 e. The van der Waals surface area contributed by atoms with E-state index in [1.54, 1.807) is 6.07 Å². The van der Waals surface area contributed by atoms with E-state index in [0.717, 1.165) is 24.4 Å². The van der Waals surface area contributed by atoms with Crippen molar-refractivity contribution in [2.75, 3.05) is 11.1 Å². The first-order chi connectivity index (χ1) is 13.6. The van der Waals surface area contributed by atoms with Crippen molar-refractivity contribution in [3.8, 4) is 5.69 Å². The number of anilines is 1. The van der Waals surface area contributed by atoms with Crippen molar-refractivity contribution in [3.05, 3.63) is 70.5 Å². The second-order valence-corrected chi connectivity index (χ2v) is 7.36. The van der Waals surface area contributed by atoms with Gasteiger partial charge in [-0.05, 0) is 31.0 Å². The van der Waals surface area contributed by atoms with Crippen molar-refractivity contribution in [2.45, 2.75) is 23.9 Å². The average Bonchev–Trinajstić information content (AvgIpc) is 3.46. The van der Waals surface area contributed by atoms with Crippen LogP contribution < -0.4 is 5.32 Å². The molecule has 0 unspecified atom stereocenters. The Labute approximate surface area is 165 Å². The molecule has 1 aromatic heterocycles. The number of aromatic nitrogens is 3. The maximum atomic E-state index is 12.2. The van der Waals surface area contributed by atoms with Crippen molar-refractivity contribution in [3.63, 3.8) is 0 Å². The van der Waals surface area contributed by atoms with E-state index >= 15 is 0 Å². The van der Waals surface area contributed by atoms with Crippen molar-refractivity contribution in [1.82, 2.24) is 14.8 Å². The van der Waals surface area contributed by atoms with E-state index in [0.29, 0.717) is 16.8 Å². The molecule has 0 bridgehead atoms. The molecule has 4 rings (SSSR count). The molecule has 1 saturated carbocycles. The topological polar surface area (TPSA) is 103 Å². The number of nitrogens with one attached hydrogen (secondary N) is 1. The number of non-ortho nitro benzene ring substituents is 1. The summed E-state index contributed by atoms with van der Waals surface area (Å²) in [5.74, 6) is 1.19.